The lowest BCUT2D eigenvalue weighted by Crippen LogP contribution is -2.02. The van der Waals surface area contributed by atoms with Crippen molar-refractivity contribution < 1.29 is 5.11 Å². The van der Waals surface area contributed by atoms with Gasteiger partial charge < -0.3 is 9.67 Å². The van der Waals surface area contributed by atoms with Gasteiger partial charge in [0.05, 0.1) is 12.3 Å². The molecule has 0 spiro atoms. The van der Waals surface area contributed by atoms with E-state index < -0.39 is 0 Å². The Balaban J connectivity index is 2.52. The van der Waals surface area contributed by atoms with Crippen molar-refractivity contribution >= 4 is 27.5 Å². The summed E-state index contributed by atoms with van der Waals surface area (Å²) >= 11 is 9.58. The van der Waals surface area contributed by atoms with E-state index in [4.69, 9.17) is 16.7 Å². The number of benzene rings is 1. The fourth-order valence-corrected chi connectivity index (χ4v) is 2.51. The second-order valence-corrected chi connectivity index (χ2v) is 4.98. The molecule has 0 unspecified atom stereocenters. The number of hydrogen-bond donors (Lipinski definition) is 1. The molecular weight excluding hydrogens is 304 g/mol. The number of nitrogens with zero attached hydrogens (tertiary/aromatic N) is 2. The van der Waals surface area contributed by atoms with Crippen molar-refractivity contribution in [3.8, 4) is 11.3 Å². The van der Waals surface area contributed by atoms with E-state index in [1.807, 2.05) is 35.9 Å². The van der Waals surface area contributed by atoms with Gasteiger partial charge in [-0.05, 0) is 12.1 Å². The minimum Gasteiger partial charge on any atom is -0.396 e. The van der Waals surface area contributed by atoms with Crippen LogP contribution in [0.15, 0.2) is 28.7 Å². The van der Waals surface area contributed by atoms with Crippen molar-refractivity contribution in [3.63, 3.8) is 0 Å². The number of aromatic nitrogens is 2. The lowest BCUT2D eigenvalue weighted by Gasteiger charge is -2.06. The number of imidazole rings is 1. The van der Waals surface area contributed by atoms with Gasteiger partial charge in [0, 0.05) is 23.5 Å². The number of hydrogen-bond acceptors (Lipinski definition) is 2. The van der Waals surface area contributed by atoms with Gasteiger partial charge in [-0.2, -0.15) is 0 Å². The molecule has 0 atom stereocenters. The first-order chi connectivity index (χ1) is 8.13. The Morgan fingerprint density at radius 3 is 2.88 bits per heavy atom. The summed E-state index contributed by atoms with van der Waals surface area (Å²) in [5, 5.41) is 9.42. The van der Waals surface area contributed by atoms with E-state index in [9.17, 15) is 0 Å². The van der Waals surface area contributed by atoms with Gasteiger partial charge >= 0.3 is 0 Å². The number of aliphatic hydroxyl groups excluding tert-OH is 1. The monoisotopic (exact) mass is 314 g/mol. The van der Waals surface area contributed by atoms with E-state index in [1.165, 1.54) is 0 Å². The number of aliphatic hydroxyl groups is 1. The summed E-state index contributed by atoms with van der Waals surface area (Å²) in [6.45, 7) is 0.0686. The highest BCUT2D eigenvalue weighted by Crippen LogP contribution is 2.29. The maximum Gasteiger partial charge on any atom is 0.155 e. The minimum atomic E-state index is 0.0686. The van der Waals surface area contributed by atoms with Gasteiger partial charge in [-0.1, -0.05) is 39.7 Å². The summed E-state index contributed by atoms with van der Waals surface area (Å²) in [6.07, 6.45) is 0.504. The Kier molecular flexibility index (Phi) is 3.86. The van der Waals surface area contributed by atoms with Crippen LogP contribution in [0.25, 0.3) is 11.3 Å². The molecule has 0 bridgehead atoms. The molecule has 17 heavy (non-hydrogen) atoms. The molecule has 2 aromatic rings. The lowest BCUT2D eigenvalue weighted by atomic mass is 10.2. The van der Waals surface area contributed by atoms with Crippen molar-refractivity contribution in [2.45, 2.75) is 6.42 Å². The van der Waals surface area contributed by atoms with E-state index in [-0.39, 0.29) is 6.61 Å². The molecule has 1 heterocycles. The fourth-order valence-electron chi connectivity index (χ4n) is 1.78. The van der Waals surface area contributed by atoms with Gasteiger partial charge in [0.2, 0.25) is 0 Å². The van der Waals surface area contributed by atoms with Gasteiger partial charge in [-0.15, -0.1) is 0 Å². The van der Waals surface area contributed by atoms with E-state index in [0.29, 0.717) is 11.6 Å². The zero-order valence-corrected chi connectivity index (χ0v) is 11.7. The van der Waals surface area contributed by atoms with Crippen LogP contribution >= 0.6 is 27.5 Å². The Labute approximate surface area is 113 Å². The first-order valence-corrected chi connectivity index (χ1v) is 6.38. The molecule has 0 aliphatic heterocycles. The van der Waals surface area contributed by atoms with E-state index in [2.05, 4.69) is 20.9 Å². The second kappa shape index (κ2) is 5.21. The van der Waals surface area contributed by atoms with Crippen LogP contribution in [0.5, 0.6) is 0 Å². The highest BCUT2D eigenvalue weighted by Gasteiger charge is 2.14. The van der Waals surface area contributed by atoms with Crippen molar-refractivity contribution in [3.05, 3.63) is 39.7 Å². The summed E-state index contributed by atoms with van der Waals surface area (Å²) < 4.78 is 2.91. The minimum absolute atomic E-state index is 0.0686. The lowest BCUT2D eigenvalue weighted by molar-refractivity contribution is 0.295. The Morgan fingerprint density at radius 1 is 1.47 bits per heavy atom. The van der Waals surface area contributed by atoms with Crippen LogP contribution in [-0.4, -0.2) is 21.3 Å². The summed E-state index contributed by atoms with van der Waals surface area (Å²) in [7, 11) is 1.90. The van der Waals surface area contributed by atoms with Gasteiger partial charge in [0.25, 0.3) is 0 Å². The predicted molar refractivity (Wildman–Crippen MR) is 72.1 cm³/mol. The van der Waals surface area contributed by atoms with Gasteiger partial charge in [-0.3, -0.25) is 0 Å². The van der Waals surface area contributed by atoms with Crippen molar-refractivity contribution in [1.82, 2.24) is 9.55 Å². The van der Waals surface area contributed by atoms with Crippen LogP contribution in [-0.2, 0) is 13.5 Å². The summed E-state index contributed by atoms with van der Waals surface area (Å²) in [5.41, 5.74) is 1.87. The predicted octanol–water partition coefficient (Wildman–Crippen LogP) is 3.04. The molecule has 90 valence electrons. The third-order valence-electron chi connectivity index (χ3n) is 2.58. The van der Waals surface area contributed by atoms with E-state index in [1.54, 1.807) is 0 Å². The quantitative estimate of drug-likeness (QED) is 0.945. The van der Waals surface area contributed by atoms with Crippen molar-refractivity contribution in [1.29, 1.82) is 0 Å². The molecular formula is C12H12BrClN2O. The van der Waals surface area contributed by atoms with Crippen LogP contribution in [0.4, 0.5) is 0 Å². The molecule has 0 saturated heterocycles. The van der Waals surface area contributed by atoms with Gasteiger partial charge in [0.1, 0.15) is 5.82 Å². The van der Waals surface area contributed by atoms with Crippen molar-refractivity contribution in [2.75, 3.05) is 6.61 Å². The van der Waals surface area contributed by atoms with Crippen LogP contribution in [0.2, 0.25) is 5.15 Å². The first-order valence-electron chi connectivity index (χ1n) is 5.21. The topological polar surface area (TPSA) is 38.0 Å². The van der Waals surface area contributed by atoms with E-state index in [0.717, 1.165) is 21.6 Å². The SMILES string of the molecule is Cn1c(CCO)nc(Cl)c1-c1cccc(Br)c1. The molecule has 1 N–H and O–H groups in total. The molecule has 1 aromatic heterocycles. The summed E-state index contributed by atoms with van der Waals surface area (Å²) in [6, 6.07) is 7.89. The smallest absolute Gasteiger partial charge is 0.155 e. The molecule has 5 heteroatoms. The highest BCUT2D eigenvalue weighted by molar-refractivity contribution is 9.10. The average Bonchev–Trinajstić information content (AvgIpc) is 2.55. The molecule has 0 amide bonds. The van der Waals surface area contributed by atoms with Gasteiger partial charge in [0.15, 0.2) is 5.15 Å². The van der Waals surface area contributed by atoms with Crippen molar-refractivity contribution in [2.24, 2.45) is 7.05 Å². The Bertz CT molecular complexity index is 539. The first kappa shape index (κ1) is 12.6. The highest BCUT2D eigenvalue weighted by atomic mass is 79.9. The normalized spacial score (nSPS) is 10.8. The largest absolute Gasteiger partial charge is 0.396 e. The average molecular weight is 316 g/mol. The standard InChI is InChI=1S/C12H12BrClN2O/c1-16-10(5-6-17)15-12(14)11(16)8-3-2-4-9(13)7-8/h2-4,7,17H,5-6H2,1H3. The molecule has 0 aliphatic carbocycles. The maximum absolute atomic E-state index is 8.96. The van der Waals surface area contributed by atoms with Crippen LogP contribution in [0, 0.1) is 0 Å². The molecule has 0 saturated carbocycles. The molecule has 1 aromatic carbocycles. The third kappa shape index (κ3) is 2.54. The molecule has 2 rings (SSSR count). The number of halogens is 2. The molecule has 0 aliphatic rings. The van der Waals surface area contributed by atoms with E-state index >= 15 is 0 Å². The zero-order valence-electron chi connectivity index (χ0n) is 9.32. The molecule has 0 radical (unpaired) electrons. The zero-order chi connectivity index (χ0) is 12.4. The van der Waals surface area contributed by atoms with Crippen LogP contribution in [0.1, 0.15) is 5.82 Å². The number of rotatable bonds is 3. The molecule has 0 fully saturated rings. The third-order valence-corrected chi connectivity index (χ3v) is 3.34. The summed E-state index contributed by atoms with van der Waals surface area (Å²) in [5.74, 6) is 0.785. The maximum atomic E-state index is 8.96. The second-order valence-electron chi connectivity index (χ2n) is 3.71. The van der Waals surface area contributed by atoms with Crippen LogP contribution < -0.4 is 0 Å². The molecule has 3 nitrogen and oxygen atoms in total. The van der Waals surface area contributed by atoms with Crippen LogP contribution in [0.3, 0.4) is 0 Å². The summed E-state index contributed by atoms with van der Waals surface area (Å²) in [4.78, 5) is 4.26. The fraction of sp³-hybridized carbons (Fsp3) is 0.250. The Morgan fingerprint density at radius 2 is 2.24 bits per heavy atom. The Hall–Kier alpha value is -0.840. The van der Waals surface area contributed by atoms with Gasteiger partial charge in [-0.25, -0.2) is 4.98 Å².